The van der Waals surface area contributed by atoms with E-state index in [2.05, 4.69) is 18.2 Å². The maximum Gasteiger partial charge on any atom is 0.238 e. The lowest BCUT2D eigenvalue weighted by Crippen LogP contribution is -2.42. The topological polar surface area (TPSA) is 46.6 Å². The summed E-state index contributed by atoms with van der Waals surface area (Å²) in [4.78, 5) is 27.3. The third kappa shape index (κ3) is 1.75. The number of hydrogen-bond acceptors (Lipinski definition) is 3. The number of amides is 2. The monoisotopic (exact) mass is 307 g/mol. The normalized spacial score (nSPS) is 37.7. The second-order valence-electron chi connectivity index (χ2n) is 6.75. The van der Waals surface area contributed by atoms with Gasteiger partial charge in [-0.1, -0.05) is 42.0 Å². The lowest BCUT2D eigenvalue weighted by Gasteiger charge is -2.39. The van der Waals surface area contributed by atoms with Crippen molar-refractivity contribution in [1.82, 2.24) is 0 Å². The van der Waals surface area contributed by atoms with Gasteiger partial charge < -0.3 is 4.74 Å². The summed E-state index contributed by atoms with van der Waals surface area (Å²) >= 11 is 0. The predicted octanol–water partition coefficient (Wildman–Crippen LogP) is 2.47. The summed E-state index contributed by atoms with van der Waals surface area (Å²) in [6.07, 6.45) is 7.96. The van der Waals surface area contributed by atoms with E-state index in [0.29, 0.717) is 12.1 Å². The molecule has 1 aromatic carbocycles. The molecule has 2 bridgehead atoms. The van der Waals surface area contributed by atoms with Gasteiger partial charge in [0.25, 0.3) is 0 Å². The Morgan fingerprint density at radius 1 is 1.00 bits per heavy atom. The first-order valence-electron chi connectivity index (χ1n) is 8.19. The quantitative estimate of drug-likeness (QED) is 0.591. The van der Waals surface area contributed by atoms with Crippen LogP contribution in [0.5, 0.6) is 0 Å². The maximum atomic E-state index is 13.1. The van der Waals surface area contributed by atoms with Crippen LogP contribution in [0.15, 0.2) is 54.1 Å². The summed E-state index contributed by atoms with van der Waals surface area (Å²) in [6.45, 7) is 0. The molecule has 2 amide bonds. The van der Waals surface area contributed by atoms with Crippen LogP contribution in [-0.2, 0) is 14.3 Å². The lowest BCUT2D eigenvalue weighted by molar-refractivity contribution is -0.125. The smallest absolute Gasteiger partial charge is 0.238 e. The zero-order valence-corrected chi connectivity index (χ0v) is 12.6. The summed E-state index contributed by atoms with van der Waals surface area (Å²) in [5, 5.41) is 0. The van der Waals surface area contributed by atoms with E-state index in [4.69, 9.17) is 4.74 Å². The van der Waals surface area contributed by atoms with Gasteiger partial charge in [0.05, 0.1) is 29.7 Å². The minimum absolute atomic E-state index is 0.0221. The molecule has 0 aromatic heterocycles. The molecular formula is C19H17NO3. The van der Waals surface area contributed by atoms with E-state index in [0.717, 1.165) is 6.42 Å². The van der Waals surface area contributed by atoms with Crippen LogP contribution in [-0.4, -0.2) is 24.0 Å². The lowest BCUT2D eigenvalue weighted by atomic mass is 9.69. The number of imide groups is 1. The Hall–Kier alpha value is -2.20. The Balaban J connectivity index is 1.56. The van der Waals surface area contributed by atoms with Crippen molar-refractivity contribution in [2.45, 2.75) is 25.0 Å². The molecule has 2 fully saturated rings. The molecule has 0 saturated carbocycles. The molecule has 0 N–H and O–H groups in total. The molecule has 0 radical (unpaired) electrons. The number of benzene rings is 1. The highest BCUT2D eigenvalue weighted by Gasteiger charge is 2.56. The molecule has 2 saturated heterocycles. The summed E-state index contributed by atoms with van der Waals surface area (Å²) in [6, 6.07) is 9.25. The van der Waals surface area contributed by atoms with Crippen molar-refractivity contribution in [2.24, 2.45) is 17.8 Å². The summed E-state index contributed by atoms with van der Waals surface area (Å²) in [5.41, 5.74) is 1.98. The molecule has 23 heavy (non-hydrogen) atoms. The van der Waals surface area contributed by atoms with Crippen molar-refractivity contribution in [3.8, 4) is 0 Å². The number of anilines is 1. The molecule has 3 aliphatic heterocycles. The van der Waals surface area contributed by atoms with Crippen LogP contribution in [0, 0.1) is 17.8 Å². The van der Waals surface area contributed by atoms with Crippen molar-refractivity contribution >= 4 is 17.5 Å². The van der Waals surface area contributed by atoms with Crippen LogP contribution >= 0.6 is 0 Å². The van der Waals surface area contributed by atoms with Gasteiger partial charge in [-0.3, -0.25) is 14.5 Å². The summed E-state index contributed by atoms with van der Waals surface area (Å²) in [7, 11) is 0. The van der Waals surface area contributed by atoms with Crippen LogP contribution in [0.4, 0.5) is 5.69 Å². The number of ether oxygens (including phenoxy) is 1. The van der Waals surface area contributed by atoms with Crippen LogP contribution in [0.3, 0.4) is 0 Å². The highest BCUT2D eigenvalue weighted by atomic mass is 16.5. The van der Waals surface area contributed by atoms with Gasteiger partial charge in [0.2, 0.25) is 11.8 Å². The van der Waals surface area contributed by atoms with Gasteiger partial charge in [-0.25, -0.2) is 0 Å². The third-order valence-electron chi connectivity index (χ3n) is 5.58. The fourth-order valence-corrected chi connectivity index (χ4v) is 4.59. The van der Waals surface area contributed by atoms with Crippen LogP contribution in [0.1, 0.15) is 12.8 Å². The number of rotatable bonds is 1. The Morgan fingerprint density at radius 2 is 1.83 bits per heavy atom. The molecule has 5 atom stereocenters. The number of para-hydroxylation sites is 1. The molecule has 4 aliphatic rings. The molecule has 0 unspecified atom stereocenters. The number of carbonyl (C=O) groups is 2. The van der Waals surface area contributed by atoms with Crippen LogP contribution in [0.2, 0.25) is 0 Å². The van der Waals surface area contributed by atoms with E-state index in [1.807, 2.05) is 30.3 Å². The molecule has 1 aliphatic carbocycles. The zero-order chi connectivity index (χ0) is 15.6. The minimum Gasteiger partial charge on any atom is -0.366 e. The number of carbonyl (C=O) groups excluding carboxylic acids is 2. The second-order valence-corrected chi connectivity index (χ2v) is 6.75. The fourth-order valence-electron chi connectivity index (χ4n) is 4.59. The van der Waals surface area contributed by atoms with E-state index in [1.54, 1.807) is 0 Å². The first-order chi connectivity index (χ1) is 11.2. The Labute approximate surface area is 134 Å². The van der Waals surface area contributed by atoms with Gasteiger partial charge in [0, 0.05) is 5.92 Å². The molecular weight excluding hydrogens is 290 g/mol. The molecule has 3 heterocycles. The molecule has 0 spiro atoms. The maximum absolute atomic E-state index is 13.1. The van der Waals surface area contributed by atoms with Gasteiger partial charge in [0.15, 0.2) is 0 Å². The van der Waals surface area contributed by atoms with Crippen molar-refractivity contribution in [2.75, 3.05) is 4.90 Å². The average Bonchev–Trinajstić information content (AvgIpc) is 3.07. The number of hydrogen-bond donors (Lipinski definition) is 0. The van der Waals surface area contributed by atoms with Crippen LogP contribution in [0.25, 0.3) is 0 Å². The standard InChI is InChI=1S/C19H17NO3/c21-18-14-8-6-11-10-13-7-9-15(23-13)16(11)17(14)19(22)20(18)12-4-2-1-3-5-12/h1-7,9,13-17H,8,10H2/t13-,14+,15+,16-,17+/m1/s1. The van der Waals surface area contributed by atoms with E-state index in [1.165, 1.54) is 10.5 Å². The zero-order valence-electron chi connectivity index (χ0n) is 12.6. The largest absolute Gasteiger partial charge is 0.366 e. The van der Waals surface area contributed by atoms with Crippen molar-refractivity contribution in [3.05, 3.63) is 54.1 Å². The highest BCUT2D eigenvalue weighted by molar-refractivity contribution is 6.22. The minimum atomic E-state index is -0.281. The fraction of sp³-hybridized carbons (Fsp3) is 0.368. The number of allylic oxidation sites excluding steroid dienone is 1. The first kappa shape index (κ1) is 13.3. The highest BCUT2D eigenvalue weighted by Crippen LogP contribution is 2.50. The summed E-state index contributed by atoms with van der Waals surface area (Å²) in [5.74, 6) is -0.634. The molecule has 116 valence electrons. The molecule has 5 rings (SSSR count). The average molecular weight is 307 g/mol. The molecule has 4 heteroatoms. The Kier molecular flexibility index (Phi) is 2.68. The van der Waals surface area contributed by atoms with Crippen molar-refractivity contribution in [3.63, 3.8) is 0 Å². The van der Waals surface area contributed by atoms with Crippen LogP contribution < -0.4 is 4.90 Å². The number of fused-ring (bicyclic) bond motifs is 6. The second kappa shape index (κ2) is 4.65. The molecule has 1 aromatic rings. The van der Waals surface area contributed by atoms with Gasteiger partial charge in [-0.05, 0) is 25.0 Å². The van der Waals surface area contributed by atoms with E-state index < -0.39 is 0 Å². The van der Waals surface area contributed by atoms with Crippen molar-refractivity contribution in [1.29, 1.82) is 0 Å². The Morgan fingerprint density at radius 3 is 2.65 bits per heavy atom. The third-order valence-corrected chi connectivity index (χ3v) is 5.58. The SMILES string of the molecule is O=C1[C@@H]2[C@@H]3C(=CC[C@@H]2C(=O)N1c1ccccc1)C[C@H]1C=C[C@@H]3O1. The van der Waals surface area contributed by atoms with Gasteiger partial charge >= 0.3 is 0 Å². The number of nitrogens with zero attached hydrogens (tertiary/aromatic N) is 1. The van der Waals surface area contributed by atoms with Gasteiger partial charge in [-0.15, -0.1) is 0 Å². The van der Waals surface area contributed by atoms with E-state index in [-0.39, 0.29) is 41.8 Å². The summed E-state index contributed by atoms with van der Waals surface area (Å²) < 4.78 is 5.97. The van der Waals surface area contributed by atoms with E-state index in [9.17, 15) is 9.59 Å². The Bertz CT molecular complexity index is 751. The molecule has 4 nitrogen and oxygen atoms in total. The van der Waals surface area contributed by atoms with Gasteiger partial charge in [0.1, 0.15) is 0 Å². The predicted molar refractivity (Wildman–Crippen MR) is 84.5 cm³/mol. The first-order valence-corrected chi connectivity index (χ1v) is 8.19. The van der Waals surface area contributed by atoms with Crippen molar-refractivity contribution < 1.29 is 14.3 Å². The van der Waals surface area contributed by atoms with Gasteiger partial charge in [-0.2, -0.15) is 0 Å². The van der Waals surface area contributed by atoms with E-state index >= 15 is 0 Å².